The average molecular weight is 262 g/mol. The zero-order chi connectivity index (χ0) is 13.1. The van der Waals surface area contributed by atoms with E-state index < -0.39 is 0 Å². The second-order valence-electron chi connectivity index (χ2n) is 4.36. The molecule has 2 aromatic carbocycles. The van der Waals surface area contributed by atoms with Gasteiger partial charge in [-0.1, -0.05) is 29.8 Å². The van der Waals surface area contributed by atoms with Crippen molar-refractivity contribution >= 4 is 17.3 Å². The van der Waals surface area contributed by atoms with Gasteiger partial charge in [0.05, 0.1) is 17.8 Å². The summed E-state index contributed by atoms with van der Waals surface area (Å²) in [5.74, 6) is 0.851. The number of ether oxygens (including phenoxy) is 1. The van der Waals surface area contributed by atoms with Crippen molar-refractivity contribution in [2.75, 3.05) is 12.8 Å². The van der Waals surface area contributed by atoms with Crippen LogP contribution in [0, 0.1) is 6.92 Å². The van der Waals surface area contributed by atoms with E-state index >= 15 is 0 Å². The van der Waals surface area contributed by atoms with Gasteiger partial charge in [0.1, 0.15) is 5.75 Å². The third-order valence-corrected chi connectivity index (χ3v) is 3.31. The van der Waals surface area contributed by atoms with E-state index in [0.717, 1.165) is 28.9 Å². The maximum Gasteiger partial charge on any atom is 0.119 e. The smallest absolute Gasteiger partial charge is 0.119 e. The molecule has 3 heteroatoms. The van der Waals surface area contributed by atoms with E-state index in [1.54, 1.807) is 7.11 Å². The summed E-state index contributed by atoms with van der Waals surface area (Å²) in [6.45, 7) is 2.02. The molecule has 0 heterocycles. The Balaban J connectivity index is 2.33. The third-order valence-electron chi connectivity index (χ3n) is 2.85. The molecule has 0 saturated carbocycles. The number of nitrogens with two attached hydrogens (primary N) is 1. The maximum atomic E-state index is 6.23. The molecule has 2 rings (SSSR count). The van der Waals surface area contributed by atoms with Gasteiger partial charge in [0.25, 0.3) is 0 Å². The van der Waals surface area contributed by atoms with E-state index in [-0.39, 0.29) is 0 Å². The first kappa shape index (κ1) is 12.8. The molecular formula is C15H16ClNO. The van der Waals surface area contributed by atoms with Crippen molar-refractivity contribution < 1.29 is 4.74 Å². The molecule has 0 unspecified atom stereocenters. The van der Waals surface area contributed by atoms with Crippen LogP contribution in [0.4, 0.5) is 5.69 Å². The van der Waals surface area contributed by atoms with Gasteiger partial charge in [-0.25, -0.2) is 0 Å². The third kappa shape index (κ3) is 2.77. The van der Waals surface area contributed by atoms with Crippen LogP contribution >= 0.6 is 11.6 Å². The van der Waals surface area contributed by atoms with Crippen LogP contribution in [0.2, 0.25) is 5.02 Å². The monoisotopic (exact) mass is 261 g/mol. The van der Waals surface area contributed by atoms with Crippen molar-refractivity contribution in [3.05, 3.63) is 58.1 Å². The summed E-state index contributed by atoms with van der Waals surface area (Å²) in [5, 5.41) is 0.642. The number of anilines is 1. The Labute approximate surface area is 112 Å². The van der Waals surface area contributed by atoms with Gasteiger partial charge in [-0.2, -0.15) is 0 Å². The lowest BCUT2D eigenvalue weighted by atomic mass is 10.0. The van der Waals surface area contributed by atoms with Crippen molar-refractivity contribution in [1.29, 1.82) is 0 Å². The van der Waals surface area contributed by atoms with Crippen LogP contribution in [-0.4, -0.2) is 7.11 Å². The summed E-state index contributed by atoms with van der Waals surface area (Å²) in [6.07, 6.45) is 0.752. The lowest BCUT2D eigenvalue weighted by Gasteiger charge is -2.09. The van der Waals surface area contributed by atoms with Crippen molar-refractivity contribution in [3.63, 3.8) is 0 Å². The quantitative estimate of drug-likeness (QED) is 0.853. The minimum absolute atomic E-state index is 0.634. The highest BCUT2D eigenvalue weighted by atomic mass is 35.5. The number of hydrogen-bond acceptors (Lipinski definition) is 2. The molecular weight excluding hydrogens is 246 g/mol. The number of benzene rings is 2. The molecule has 0 aliphatic rings. The van der Waals surface area contributed by atoms with Crippen LogP contribution in [0.1, 0.15) is 16.7 Å². The van der Waals surface area contributed by atoms with Gasteiger partial charge in [0.15, 0.2) is 0 Å². The maximum absolute atomic E-state index is 6.23. The number of aryl methyl sites for hydroxylation is 1. The Hall–Kier alpha value is -1.67. The Morgan fingerprint density at radius 1 is 1.22 bits per heavy atom. The summed E-state index contributed by atoms with van der Waals surface area (Å²) in [6, 6.07) is 11.9. The van der Waals surface area contributed by atoms with Crippen LogP contribution in [0.5, 0.6) is 5.75 Å². The lowest BCUT2D eigenvalue weighted by Crippen LogP contribution is -1.96. The topological polar surface area (TPSA) is 35.2 Å². The Bertz CT molecular complexity index is 566. The number of halogens is 1. The number of nitrogen functional groups attached to an aromatic ring is 1. The Morgan fingerprint density at radius 2 is 2.00 bits per heavy atom. The zero-order valence-electron chi connectivity index (χ0n) is 10.5. The van der Waals surface area contributed by atoms with E-state index in [9.17, 15) is 0 Å². The molecule has 0 spiro atoms. The molecule has 0 aliphatic carbocycles. The second kappa shape index (κ2) is 5.32. The van der Waals surface area contributed by atoms with Crippen LogP contribution < -0.4 is 10.5 Å². The second-order valence-corrected chi connectivity index (χ2v) is 4.73. The summed E-state index contributed by atoms with van der Waals surface area (Å²) in [4.78, 5) is 0. The van der Waals surface area contributed by atoms with Crippen LogP contribution in [-0.2, 0) is 6.42 Å². The molecule has 2 nitrogen and oxygen atoms in total. The van der Waals surface area contributed by atoms with Crippen molar-refractivity contribution in [2.45, 2.75) is 13.3 Å². The van der Waals surface area contributed by atoms with Gasteiger partial charge in [-0.15, -0.1) is 0 Å². The van der Waals surface area contributed by atoms with E-state index in [2.05, 4.69) is 12.1 Å². The molecule has 18 heavy (non-hydrogen) atoms. The molecule has 94 valence electrons. The first-order valence-electron chi connectivity index (χ1n) is 5.77. The lowest BCUT2D eigenvalue weighted by molar-refractivity contribution is 0.414. The summed E-state index contributed by atoms with van der Waals surface area (Å²) < 4.78 is 5.21. The predicted octanol–water partition coefficient (Wildman–Crippen LogP) is 3.83. The molecule has 0 amide bonds. The van der Waals surface area contributed by atoms with Gasteiger partial charge in [-0.05, 0) is 48.2 Å². The van der Waals surface area contributed by atoms with E-state index in [4.69, 9.17) is 22.1 Å². The molecule has 0 saturated heterocycles. The van der Waals surface area contributed by atoms with Crippen LogP contribution in [0.3, 0.4) is 0 Å². The van der Waals surface area contributed by atoms with Gasteiger partial charge in [0, 0.05) is 0 Å². The molecule has 0 aromatic heterocycles. The fourth-order valence-electron chi connectivity index (χ4n) is 2.00. The fraction of sp³-hybridized carbons (Fsp3) is 0.200. The minimum atomic E-state index is 0.634. The number of methoxy groups -OCH3 is 1. The summed E-state index contributed by atoms with van der Waals surface area (Å²) >= 11 is 6.23. The molecule has 0 bridgehead atoms. The van der Waals surface area contributed by atoms with Crippen LogP contribution in [0.15, 0.2) is 36.4 Å². The first-order valence-corrected chi connectivity index (χ1v) is 6.15. The number of rotatable bonds is 3. The van der Waals surface area contributed by atoms with Crippen LogP contribution in [0.25, 0.3) is 0 Å². The van der Waals surface area contributed by atoms with Crippen molar-refractivity contribution in [2.24, 2.45) is 0 Å². The molecule has 0 fully saturated rings. The highest BCUT2D eigenvalue weighted by molar-refractivity contribution is 6.33. The minimum Gasteiger partial charge on any atom is -0.497 e. The zero-order valence-corrected chi connectivity index (χ0v) is 11.3. The first-order chi connectivity index (χ1) is 8.60. The van der Waals surface area contributed by atoms with Crippen molar-refractivity contribution in [3.8, 4) is 5.75 Å². The molecule has 2 N–H and O–H groups in total. The predicted molar refractivity (Wildman–Crippen MR) is 76.4 cm³/mol. The standard InChI is InChI=1S/C15H16ClNO/c1-10-6-12(15(16)14(17)7-10)8-11-4-3-5-13(9-11)18-2/h3-7,9H,8,17H2,1-2H3. The molecule has 0 aliphatic heterocycles. The van der Waals surface area contributed by atoms with Crippen molar-refractivity contribution in [1.82, 2.24) is 0 Å². The van der Waals surface area contributed by atoms with Gasteiger partial charge in [-0.3, -0.25) is 0 Å². The van der Waals surface area contributed by atoms with E-state index in [0.29, 0.717) is 10.7 Å². The largest absolute Gasteiger partial charge is 0.497 e. The van der Waals surface area contributed by atoms with Gasteiger partial charge in [0.2, 0.25) is 0 Å². The SMILES string of the molecule is COc1cccc(Cc2cc(C)cc(N)c2Cl)c1. The number of hydrogen-bond donors (Lipinski definition) is 1. The van der Waals surface area contributed by atoms with Gasteiger partial charge >= 0.3 is 0 Å². The Kier molecular flexibility index (Phi) is 3.78. The normalized spacial score (nSPS) is 10.4. The molecule has 2 aromatic rings. The molecule has 0 radical (unpaired) electrons. The van der Waals surface area contributed by atoms with E-state index in [1.807, 2.05) is 31.2 Å². The van der Waals surface area contributed by atoms with Gasteiger partial charge < -0.3 is 10.5 Å². The summed E-state index contributed by atoms with van der Waals surface area (Å²) in [5.41, 5.74) is 9.83. The summed E-state index contributed by atoms with van der Waals surface area (Å²) in [7, 11) is 1.66. The Morgan fingerprint density at radius 3 is 2.72 bits per heavy atom. The molecule has 0 atom stereocenters. The highest BCUT2D eigenvalue weighted by Gasteiger charge is 2.07. The highest BCUT2D eigenvalue weighted by Crippen LogP contribution is 2.28. The average Bonchev–Trinajstić information content (AvgIpc) is 2.35. The van der Waals surface area contributed by atoms with E-state index in [1.165, 1.54) is 0 Å². The fourth-order valence-corrected chi connectivity index (χ4v) is 2.18.